The van der Waals surface area contributed by atoms with Crippen molar-refractivity contribution in [2.45, 2.75) is 66.1 Å². The largest absolute Gasteiger partial charge is 0.349 e. The summed E-state index contributed by atoms with van der Waals surface area (Å²) in [5, 5.41) is 5.75. The molecule has 1 aliphatic carbocycles. The van der Waals surface area contributed by atoms with E-state index in [0.717, 1.165) is 18.9 Å². The SMILES string of the molecule is C=N/C=C(C(=O)NC1CC1)\C(=N/CSC)Nc1ccc(F)c(C(C)(C)F)n1.CC.CC. The molecule has 1 amide bonds. The van der Waals surface area contributed by atoms with Crippen molar-refractivity contribution >= 4 is 36.0 Å². The number of hydrogen-bond donors (Lipinski definition) is 2. The van der Waals surface area contributed by atoms with Crippen LogP contribution in [0.4, 0.5) is 14.6 Å². The molecule has 1 aliphatic rings. The van der Waals surface area contributed by atoms with Gasteiger partial charge in [0.15, 0.2) is 0 Å². The van der Waals surface area contributed by atoms with Crippen LogP contribution in [0.5, 0.6) is 0 Å². The zero-order valence-electron chi connectivity index (χ0n) is 19.6. The number of halogens is 2. The molecule has 0 unspecified atom stereocenters. The molecule has 9 heteroatoms. The van der Waals surface area contributed by atoms with Gasteiger partial charge < -0.3 is 10.6 Å². The number of amides is 1. The third-order valence-electron chi connectivity index (χ3n) is 3.64. The first-order valence-corrected chi connectivity index (χ1v) is 11.8. The molecule has 1 aromatic heterocycles. The maximum Gasteiger partial charge on any atom is 0.256 e. The van der Waals surface area contributed by atoms with Gasteiger partial charge in [0.1, 0.15) is 28.8 Å². The summed E-state index contributed by atoms with van der Waals surface area (Å²) in [5.41, 5.74) is -2.10. The van der Waals surface area contributed by atoms with Crippen LogP contribution >= 0.6 is 11.8 Å². The number of carbonyl (C=O) groups excluding carboxylic acids is 1. The van der Waals surface area contributed by atoms with E-state index in [9.17, 15) is 13.6 Å². The highest BCUT2D eigenvalue weighted by Gasteiger charge is 2.28. The van der Waals surface area contributed by atoms with Crippen LogP contribution in [-0.4, -0.2) is 41.6 Å². The molecule has 0 spiro atoms. The summed E-state index contributed by atoms with van der Waals surface area (Å²) in [4.78, 5) is 24.6. The molecule has 2 rings (SSSR count). The highest BCUT2D eigenvalue weighted by atomic mass is 32.2. The van der Waals surface area contributed by atoms with Crippen molar-refractivity contribution in [3.05, 3.63) is 35.4 Å². The van der Waals surface area contributed by atoms with Crippen molar-refractivity contribution in [2.24, 2.45) is 9.98 Å². The summed E-state index contributed by atoms with van der Waals surface area (Å²) in [6.07, 6.45) is 5.02. The molecular formula is C22H35F2N5OS. The minimum atomic E-state index is -1.96. The monoisotopic (exact) mass is 455 g/mol. The van der Waals surface area contributed by atoms with E-state index in [0.29, 0.717) is 5.88 Å². The molecule has 1 fully saturated rings. The molecular weight excluding hydrogens is 420 g/mol. The summed E-state index contributed by atoms with van der Waals surface area (Å²) in [6, 6.07) is 2.63. The van der Waals surface area contributed by atoms with Crippen molar-refractivity contribution in [3.63, 3.8) is 0 Å². The number of pyridine rings is 1. The van der Waals surface area contributed by atoms with Crippen molar-refractivity contribution in [1.82, 2.24) is 10.3 Å². The number of nitrogens with one attached hydrogen (secondary N) is 2. The van der Waals surface area contributed by atoms with Gasteiger partial charge in [0.25, 0.3) is 5.91 Å². The van der Waals surface area contributed by atoms with E-state index in [1.807, 2.05) is 34.0 Å². The molecule has 6 nitrogen and oxygen atoms in total. The molecule has 0 radical (unpaired) electrons. The Morgan fingerprint density at radius 3 is 2.42 bits per heavy atom. The van der Waals surface area contributed by atoms with E-state index < -0.39 is 11.5 Å². The molecule has 0 aliphatic heterocycles. The summed E-state index contributed by atoms with van der Waals surface area (Å²) in [7, 11) is 0. The number of alkyl halides is 1. The summed E-state index contributed by atoms with van der Waals surface area (Å²) in [5.74, 6) is -0.338. The Bertz CT molecular complexity index is 772. The van der Waals surface area contributed by atoms with Gasteiger partial charge >= 0.3 is 0 Å². The Morgan fingerprint density at radius 1 is 1.32 bits per heavy atom. The van der Waals surface area contributed by atoms with Gasteiger partial charge in [0.2, 0.25) is 0 Å². The summed E-state index contributed by atoms with van der Waals surface area (Å²) in [6.45, 7) is 13.8. The Kier molecular flexibility index (Phi) is 13.6. The molecule has 1 aromatic rings. The van der Waals surface area contributed by atoms with Gasteiger partial charge in [-0.2, -0.15) is 0 Å². The fourth-order valence-electron chi connectivity index (χ4n) is 2.18. The van der Waals surface area contributed by atoms with Crippen molar-refractivity contribution in [3.8, 4) is 0 Å². The number of aliphatic imine (C=N–C) groups is 2. The number of thioether (sulfide) groups is 1. The number of hydrogen-bond acceptors (Lipinski definition) is 5. The zero-order chi connectivity index (χ0) is 24.0. The number of carbonyl (C=O) groups is 1. The Morgan fingerprint density at radius 2 is 1.94 bits per heavy atom. The average molecular weight is 456 g/mol. The summed E-state index contributed by atoms with van der Waals surface area (Å²) < 4.78 is 28.1. The number of aromatic nitrogens is 1. The first kappa shape index (κ1) is 28.7. The Balaban J connectivity index is 0.00000212. The highest BCUT2D eigenvalue weighted by Crippen LogP contribution is 2.26. The van der Waals surface area contributed by atoms with Crippen LogP contribution < -0.4 is 10.6 Å². The number of amidine groups is 1. The van der Waals surface area contributed by atoms with Crippen LogP contribution in [0, 0.1) is 5.82 Å². The van der Waals surface area contributed by atoms with Gasteiger partial charge in [-0.25, -0.2) is 13.8 Å². The number of nitrogens with zero attached hydrogens (tertiary/aromatic N) is 3. The second kappa shape index (κ2) is 14.7. The first-order valence-electron chi connectivity index (χ1n) is 10.4. The van der Waals surface area contributed by atoms with Gasteiger partial charge in [-0.15, -0.1) is 11.8 Å². The maximum absolute atomic E-state index is 14.2. The second-order valence-electron chi connectivity index (χ2n) is 6.52. The van der Waals surface area contributed by atoms with Crippen molar-refractivity contribution in [1.29, 1.82) is 0 Å². The van der Waals surface area contributed by atoms with Gasteiger partial charge in [-0.3, -0.25) is 14.8 Å². The van der Waals surface area contributed by atoms with E-state index >= 15 is 0 Å². The topological polar surface area (TPSA) is 78.7 Å². The molecule has 0 saturated heterocycles. The number of anilines is 1. The fourth-order valence-corrected chi connectivity index (χ4v) is 2.44. The van der Waals surface area contributed by atoms with Gasteiger partial charge in [-0.1, -0.05) is 27.7 Å². The maximum atomic E-state index is 14.2. The van der Waals surface area contributed by atoms with Crippen LogP contribution in [-0.2, 0) is 10.5 Å². The van der Waals surface area contributed by atoms with E-state index in [1.54, 1.807) is 0 Å². The van der Waals surface area contributed by atoms with Crippen molar-refractivity contribution in [2.75, 3.05) is 17.4 Å². The standard InChI is InChI=1S/C18H23F2N5OS.2C2H6/c1-18(2,20)15-13(19)7-8-14(24-15)25-16(22-10-27-4)12(9-21-3)17(26)23-11-5-6-11;2*1-2/h7-9,11H,3,5-6,10H2,1-2,4H3,(H,23,26)(H,22,24,25);2*1-2H3/b12-9+;;. The molecule has 0 atom stereocenters. The first-order chi connectivity index (χ1) is 14.8. The van der Waals surface area contributed by atoms with Crippen molar-refractivity contribution < 1.29 is 13.6 Å². The molecule has 174 valence electrons. The zero-order valence-corrected chi connectivity index (χ0v) is 20.4. The van der Waals surface area contributed by atoms with Crippen LogP contribution in [0.15, 0.2) is 33.9 Å². The Labute approximate surface area is 189 Å². The number of rotatable bonds is 8. The third kappa shape index (κ3) is 10.0. The van der Waals surface area contributed by atoms with E-state index in [4.69, 9.17) is 0 Å². The molecule has 0 aromatic carbocycles. The van der Waals surface area contributed by atoms with Gasteiger partial charge in [0.05, 0.1) is 11.4 Å². The lowest BCUT2D eigenvalue weighted by molar-refractivity contribution is -0.117. The minimum absolute atomic E-state index is 0.149. The molecule has 1 heterocycles. The van der Waals surface area contributed by atoms with Crippen LogP contribution in [0.2, 0.25) is 0 Å². The molecule has 31 heavy (non-hydrogen) atoms. The normalized spacial score (nSPS) is 13.8. The molecule has 1 saturated carbocycles. The van der Waals surface area contributed by atoms with Gasteiger partial charge in [0, 0.05) is 12.2 Å². The lowest BCUT2D eigenvalue weighted by Crippen LogP contribution is -2.33. The quantitative estimate of drug-likeness (QED) is 0.309. The third-order valence-corrected chi connectivity index (χ3v) is 4.03. The second-order valence-corrected chi connectivity index (χ2v) is 7.36. The lowest BCUT2D eigenvalue weighted by atomic mass is 10.1. The predicted octanol–water partition coefficient (Wildman–Crippen LogP) is 5.47. The molecule has 0 bridgehead atoms. The van der Waals surface area contributed by atoms with Gasteiger partial charge in [-0.05, 0) is 51.8 Å². The predicted molar refractivity (Wildman–Crippen MR) is 129 cm³/mol. The molecule has 2 N–H and O–H groups in total. The van der Waals surface area contributed by atoms with Crippen LogP contribution in [0.25, 0.3) is 0 Å². The average Bonchev–Trinajstić information content (AvgIpc) is 3.56. The highest BCUT2D eigenvalue weighted by molar-refractivity contribution is 7.98. The van der Waals surface area contributed by atoms with Crippen LogP contribution in [0.3, 0.4) is 0 Å². The lowest BCUT2D eigenvalue weighted by Gasteiger charge is -2.17. The van der Waals surface area contributed by atoms with E-state index in [2.05, 4.69) is 32.3 Å². The van der Waals surface area contributed by atoms with E-state index in [-0.39, 0.29) is 34.9 Å². The van der Waals surface area contributed by atoms with E-state index in [1.165, 1.54) is 37.9 Å². The fraction of sp³-hybridized carbons (Fsp3) is 0.545. The smallest absolute Gasteiger partial charge is 0.256 e. The summed E-state index contributed by atoms with van der Waals surface area (Å²) >= 11 is 1.45. The minimum Gasteiger partial charge on any atom is -0.349 e. The van der Waals surface area contributed by atoms with Crippen LogP contribution in [0.1, 0.15) is 60.1 Å². The Hall–Kier alpha value is -2.29.